The third-order valence-electron chi connectivity index (χ3n) is 4.91. The van der Waals surface area contributed by atoms with Crippen LogP contribution in [0, 0.1) is 17.0 Å². The number of carbonyl (C=O) groups is 1. The van der Waals surface area contributed by atoms with Crippen LogP contribution >= 0.6 is 11.3 Å². The number of aromatic nitrogens is 1. The molecule has 0 spiro atoms. The Labute approximate surface area is 178 Å². The molecule has 1 amide bonds. The fourth-order valence-corrected chi connectivity index (χ4v) is 4.01. The number of amides is 1. The van der Waals surface area contributed by atoms with Gasteiger partial charge in [0, 0.05) is 24.4 Å². The summed E-state index contributed by atoms with van der Waals surface area (Å²) in [4.78, 5) is 35.6. The van der Waals surface area contributed by atoms with E-state index in [4.69, 9.17) is 0 Å². The molecule has 0 aliphatic heterocycles. The van der Waals surface area contributed by atoms with Gasteiger partial charge in [-0.1, -0.05) is 61.6 Å². The average molecular weight is 426 g/mol. The van der Waals surface area contributed by atoms with E-state index in [1.807, 2.05) is 12.1 Å². The molecule has 0 saturated carbocycles. The van der Waals surface area contributed by atoms with Crippen molar-refractivity contribution >= 4 is 22.9 Å². The van der Waals surface area contributed by atoms with Crippen molar-refractivity contribution in [3.63, 3.8) is 0 Å². The van der Waals surface area contributed by atoms with Gasteiger partial charge in [0.05, 0.1) is 11.5 Å². The van der Waals surface area contributed by atoms with Crippen molar-refractivity contribution < 1.29 is 9.72 Å². The third kappa shape index (κ3) is 4.83. The zero-order valence-corrected chi connectivity index (χ0v) is 17.9. The minimum atomic E-state index is -0.477. The van der Waals surface area contributed by atoms with Gasteiger partial charge in [-0.2, -0.15) is 0 Å². The Morgan fingerprint density at radius 1 is 1.17 bits per heavy atom. The lowest BCUT2D eigenvalue weighted by Gasteiger charge is -2.09. The number of nitro groups is 1. The molecule has 1 heterocycles. The highest BCUT2D eigenvalue weighted by atomic mass is 32.1. The van der Waals surface area contributed by atoms with E-state index in [0.717, 1.165) is 16.9 Å². The quantitative estimate of drug-likeness (QED) is 0.453. The number of nitrogens with zero attached hydrogens (tertiary/aromatic N) is 2. The molecule has 7 nitrogen and oxygen atoms in total. The molecule has 0 bridgehead atoms. The van der Waals surface area contributed by atoms with Crippen LogP contribution in [0.25, 0.3) is 0 Å². The largest absolute Gasteiger partial charge is 0.347 e. The van der Waals surface area contributed by atoms with Crippen LogP contribution in [0.1, 0.15) is 51.8 Å². The zero-order chi connectivity index (χ0) is 21.8. The van der Waals surface area contributed by atoms with Crippen LogP contribution in [0.4, 0.5) is 5.69 Å². The monoisotopic (exact) mass is 425 g/mol. The summed E-state index contributed by atoms with van der Waals surface area (Å²) >= 11 is 0.907. The summed E-state index contributed by atoms with van der Waals surface area (Å²) in [6.07, 6.45) is 0. The van der Waals surface area contributed by atoms with Crippen molar-refractivity contribution in [2.24, 2.45) is 0 Å². The van der Waals surface area contributed by atoms with E-state index in [2.05, 4.69) is 31.3 Å². The number of benzene rings is 2. The van der Waals surface area contributed by atoms with Crippen molar-refractivity contribution in [3.05, 3.63) is 95.6 Å². The predicted octanol–water partition coefficient (Wildman–Crippen LogP) is 4.23. The van der Waals surface area contributed by atoms with Crippen LogP contribution in [0.2, 0.25) is 0 Å². The highest BCUT2D eigenvalue weighted by molar-refractivity contribution is 7.11. The molecule has 0 unspecified atom stereocenters. The van der Waals surface area contributed by atoms with Gasteiger partial charge in [-0.15, -0.1) is 0 Å². The fraction of sp³-hybridized carbons (Fsp3) is 0.273. The van der Waals surface area contributed by atoms with Crippen LogP contribution in [0.5, 0.6) is 0 Å². The standard InChI is InChI=1S/C22H23N3O4S/c1-14(2)18-9-7-16(8-10-18)13-24-15(3)20(30-22(24)27)21(26)23-12-17-5-4-6-19(11-17)25(28)29/h4-11,14H,12-13H2,1-3H3,(H,23,26). The van der Waals surface area contributed by atoms with Gasteiger partial charge in [0.25, 0.3) is 11.6 Å². The number of rotatable bonds is 7. The lowest BCUT2D eigenvalue weighted by molar-refractivity contribution is -0.384. The van der Waals surface area contributed by atoms with Crippen molar-refractivity contribution in [1.29, 1.82) is 0 Å². The second kappa shape index (κ2) is 9.04. The summed E-state index contributed by atoms with van der Waals surface area (Å²) in [5, 5.41) is 13.6. The Morgan fingerprint density at radius 3 is 2.50 bits per heavy atom. The van der Waals surface area contributed by atoms with Gasteiger partial charge < -0.3 is 5.32 Å². The van der Waals surface area contributed by atoms with Gasteiger partial charge in [-0.25, -0.2) is 0 Å². The Bertz CT molecular complexity index is 1130. The highest BCUT2D eigenvalue weighted by Crippen LogP contribution is 2.18. The first kappa shape index (κ1) is 21.4. The maximum absolute atomic E-state index is 12.6. The molecule has 3 aromatic rings. The van der Waals surface area contributed by atoms with Gasteiger partial charge in [0.15, 0.2) is 0 Å². The second-order valence-electron chi connectivity index (χ2n) is 7.37. The average Bonchev–Trinajstić information content (AvgIpc) is 3.01. The molecule has 0 radical (unpaired) electrons. The van der Waals surface area contributed by atoms with Gasteiger partial charge in [0.2, 0.25) is 0 Å². The lowest BCUT2D eigenvalue weighted by Crippen LogP contribution is -2.23. The van der Waals surface area contributed by atoms with E-state index in [-0.39, 0.29) is 23.0 Å². The SMILES string of the molecule is Cc1c(C(=O)NCc2cccc([N+](=O)[O-])c2)sc(=O)n1Cc1ccc(C(C)C)cc1. The molecule has 0 atom stereocenters. The van der Waals surface area contributed by atoms with E-state index in [1.165, 1.54) is 17.7 Å². The number of hydrogen-bond donors (Lipinski definition) is 1. The van der Waals surface area contributed by atoms with Gasteiger partial charge in [-0.3, -0.25) is 24.3 Å². The first-order valence-electron chi connectivity index (χ1n) is 9.57. The number of thiazole rings is 1. The van der Waals surface area contributed by atoms with Crippen molar-refractivity contribution in [3.8, 4) is 0 Å². The zero-order valence-electron chi connectivity index (χ0n) is 17.0. The van der Waals surface area contributed by atoms with E-state index in [9.17, 15) is 19.7 Å². The Balaban J connectivity index is 1.73. The molecule has 0 aliphatic rings. The first-order valence-corrected chi connectivity index (χ1v) is 10.4. The highest BCUT2D eigenvalue weighted by Gasteiger charge is 2.18. The lowest BCUT2D eigenvalue weighted by atomic mass is 10.0. The summed E-state index contributed by atoms with van der Waals surface area (Å²) in [5.74, 6) is 0.0704. The van der Waals surface area contributed by atoms with Gasteiger partial charge in [0.1, 0.15) is 4.88 Å². The summed E-state index contributed by atoms with van der Waals surface area (Å²) < 4.78 is 1.59. The molecule has 3 rings (SSSR count). The van der Waals surface area contributed by atoms with Crippen molar-refractivity contribution in [2.45, 2.75) is 39.8 Å². The number of nitro benzene ring substituents is 1. The minimum Gasteiger partial charge on any atom is -0.347 e. The molecular formula is C22H23N3O4S. The Morgan fingerprint density at radius 2 is 1.87 bits per heavy atom. The van der Waals surface area contributed by atoms with Crippen LogP contribution in [0.15, 0.2) is 53.3 Å². The van der Waals surface area contributed by atoms with Crippen LogP contribution in [-0.4, -0.2) is 15.4 Å². The molecule has 8 heteroatoms. The van der Waals surface area contributed by atoms with E-state index >= 15 is 0 Å². The number of carbonyl (C=O) groups excluding carboxylic acids is 1. The molecule has 0 aliphatic carbocycles. The second-order valence-corrected chi connectivity index (χ2v) is 8.34. The van der Waals surface area contributed by atoms with Crippen molar-refractivity contribution in [1.82, 2.24) is 9.88 Å². The third-order valence-corrected chi connectivity index (χ3v) is 5.99. The molecule has 1 aromatic heterocycles. The van der Waals surface area contributed by atoms with Crippen LogP contribution < -0.4 is 10.2 Å². The number of non-ortho nitro benzene ring substituents is 1. The topological polar surface area (TPSA) is 94.2 Å². The normalized spacial score (nSPS) is 10.9. The summed E-state index contributed by atoms with van der Waals surface area (Å²) in [6.45, 7) is 6.55. The van der Waals surface area contributed by atoms with E-state index in [1.54, 1.807) is 23.6 Å². The van der Waals surface area contributed by atoms with Gasteiger partial charge in [-0.05, 0) is 29.5 Å². The van der Waals surface area contributed by atoms with Crippen LogP contribution in [-0.2, 0) is 13.1 Å². The molecule has 2 aromatic carbocycles. The summed E-state index contributed by atoms with van der Waals surface area (Å²) in [7, 11) is 0. The Kier molecular flexibility index (Phi) is 6.47. The molecule has 156 valence electrons. The molecule has 0 fully saturated rings. The number of nitrogens with one attached hydrogen (secondary N) is 1. The molecule has 1 N–H and O–H groups in total. The van der Waals surface area contributed by atoms with Crippen LogP contribution in [0.3, 0.4) is 0 Å². The maximum atomic E-state index is 12.6. The smallest absolute Gasteiger partial charge is 0.308 e. The van der Waals surface area contributed by atoms with Gasteiger partial charge >= 0.3 is 4.87 Å². The summed E-state index contributed by atoms with van der Waals surface area (Å²) in [5.41, 5.74) is 3.42. The number of hydrogen-bond acceptors (Lipinski definition) is 5. The fourth-order valence-electron chi connectivity index (χ4n) is 3.10. The van der Waals surface area contributed by atoms with Crippen molar-refractivity contribution in [2.75, 3.05) is 0 Å². The Hall–Kier alpha value is -3.26. The predicted molar refractivity (Wildman–Crippen MR) is 117 cm³/mol. The first-order chi connectivity index (χ1) is 14.3. The molecular weight excluding hydrogens is 402 g/mol. The maximum Gasteiger partial charge on any atom is 0.308 e. The van der Waals surface area contributed by atoms with E-state index in [0.29, 0.717) is 28.6 Å². The van der Waals surface area contributed by atoms with E-state index < -0.39 is 4.92 Å². The molecule has 30 heavy (non-hydrogen) atoms. The molecule has 0 saturated heterocycles. The minimum absolute atomic E-state index is 0.0303. The summed E-state index contributed by atoms with van der Waals surface area (Å²) in [6, 6.07) is 14.2.